The van der Waals surface area contributed by atoms with Gasteiger partial charge in [-0.3, -0.25) is 4.79 Å². The van der Waals surface area contributed by atoms with Crippen molar-refractivity contribution in [2.45, 2.75) is 22.6 Å². The number of sulfone groups is 1. The van der Waals surface area contributed by atoms with Gasteiger partial charge < -0.3 is 5.32 Å². The lowest BCUT2D eigenvalue weighted by Gasteiger charge is -2.21. The third-order valence-electron chi connectivity index (χ3n) is 5.24. The van der Waals surface area contributed by atoms with Crippen LogP contribution in [0.25, 0.3) is 10.8 Å². The Bertz CT molecular complexity index is 1130. The molecular formula is C22H20BrNO3S. The van der Waals surface area contributed by atoms with Crippen LogP contribution in [0, 0.1) is 5.92 Å². The molecule has 1 saturated heterocycles. The number of hydrogen-bond acceptors (Lipinski definition) is 4. The van der Waals surface area contributed by atoms with Crippen LogP contribution in [0.2, 0.25) is 0 Å². The van der Waals surface area contributed by atoms with Gasteiger partial charge in [0.25, 0.3) is 0 Å². The van der Waals surface area contributed by atoms with Crippen LogP contribution in [0.15, 0.2) is 74.9 Å². The number of piperidine rings is 1. The fourth-order valence-corrected chi connectivity index (χ4v) is 5.29. The highest BCUT2D eigenvalue weighted by molar-refractivity contribution is 9.10. The first-order valence-corrected chi connectivity index (χ1v) is 11.5. The molecule has 0 radical (unpaired) electrons. The standard InChI is InChI=1S/C22H20BrNO3S/c23-19-5-1-18-14-21(8-4-17(18)13-19)28(26,27)20-6-2-15(3-7-20)22(25)16-9-11-24-12-10-16/h1-8,13-14,16,24H,9-12H2. The predicted octanol–water partition coefficient (Wildman–Crippen LogP) is 4.62. The molecule has 4 rings (SSSR count). The van der Waals surface area contributed by atoms with Gasteiger partial charge in [-0.15, -0.1) is 0 Å². The number of carbonyl (C=O) groups is 1. The molecule has 0 atom stereocenters. The molecule has 3 aromatic carbocycles. The van der Waals surface area contributed by atoms with Crippen molar-refractivity contribution in [3.8, 4) is 0 Å². The Hall–Kier alpha value is -2.02. The fourth-order valence-electron chi connectivity index (χ4n) is 3.62. The summed E-state index contributed by atoms with van der Waals surface area (Å²) in [5.41, 5.74) is 0.578. The van der Waals surface area contributed by atoms with Crippen LogP contribution >= 0.6 is 15.9 Å². The Labute approximate surface area is 173 Å². The minimum Gasteiger partial charge on any atom is -0.317 e. The maximum absolute atomic E-state index is 13.0. The Morgan fingerprint density at radius 3 is 2.18 bits per heavy atom. The van der Waals surface area contributed by atoms with Crippen molar-refractivity contribution in [3.05, 3.63) is 70.7 Å². The van der Waals surface area contributed by atoms with E-state index in [1.807, 2.05) is 24.3 Å². The van der Waals surface area contributed by atoms with Crippen molar-refractivity contribution < 1.29 is 13.2 Å². The zero-order valence-corrected chi connectivity index (χ0v) is 17.6. The molecule has 1 heterocycles. The fraction of sp³-hybridized carbons (Fsp3) is 0.227. The van der Waals surface area contributed by atoms with Gasteiger partial charge in [-0.05, 0) is 73.1 Å². The lowest BCUT2D eigenvalue weighted by molar-refractivity contribution is 0.0895. The van der Waals surface area contributed by atoms with E-state index in [0.29, 0.717) is 5.56 Å². The zero-order chi connectivity index (χ0) is 19.7. The molecular weight excluding hydrogens is 438 g/mol. The first kappa shape index (κ1) is 19.3. The van der Waals surface area contributed by atoms with Crippen molar-refractivity contribution >= 4 is 42.3 Å². The largest absolute Gasteiger partial charge is 0.317 e. The SMILES string of the molecule is O=C(c1ccc(S(=O)(=O)c2ccc3cc(Br)ccc3c2)cc1)C1CCNCC1. The summed E-state index contributed by atoms with van der Waals surface area (Å²) in [7, 11) is -3.64. The summed E-state index contributed by atoms with van der Waals surface area (Å²) in [6.07, 6.45) is 1.65. The second kappa shape index (κ2) is 7.78. The first-order chi connectivity index (χ1) is 13.4. The van der Waals surface area contributed by atoms with Gasteiger partial charge in [0.1, 0.15) is 0 Å². The van der Waals surface area contributed by atoms with E-state index in [4.69, 9.17) is 0 Å². The number of Topliss-reactive ketones (excluding diaryl/α,β-unsaturated/α-hetero) is 1. The lowest BCUT2D eigenvalue weighted by Crippen LogP contribution is -2.31. The molecule has 0 bridgehead atoms. The topological polar surface area (TPSA) is 63.2 Å². The Kier molecular flexibility index (Phi) is 5.36. The molecule has 28 heavy (non-hydrogen) atoms. The highest BCUT2D eigenvalue weighted by atomic mass is 79.9. The highest BCUT2D eigenvalue weighted by Crippen LogP contribution is 2.27. The molecule has 1 N–H and O–H groups in total. The van der Waals surface area contributed by atoms with Crippen LogP contribution < -0.4 is 5.32 Å². The van der Waals surface area contributed by atoms with Gasteiger partial charge in [0.15, 0.2) is 5.78 Å². The molecule has 6 heteroatoms. The van der Waals surface area contributed by atoms with Crippen LogP contribution in [0.1, 0.15) is 23.2 Å². The summed E-state index contributed by atoms with van der Waals surface area (Å²) in [5.74, 6) is 0.116. The van der Waals surface area contributed by atoms with E-state index < -0.39 is 9.84 Å². The number of halogens is 1. The van der Waals surface area contributed by atoms with E-state index in [9.17, 15) is 13.2 Å². The second-order valence-corrected chi connectivity index (χ2v) is 9.93. The van der Waals surface area contributed by atoms with E-state index in [1.165, 1.54) is 12.1 Å². The Morgan fingerprint density at radius 2 is 1.46 bits per heavy atom. The first-order valence-electron chi connectivity index (χ1n) is 9.24. The maximum Gasteiger partial charge on any atom is 0.206 e. The molecule has 0 aromatic heterocycles. The molecule has 0 unspecified atom stereocenters. The minimum atomic E-state index is -3.64. The third-order valence-corrected chi connectivity index (χ3v) is 7.50. The molecule has 1 aliphatic rings. The highest BCUT2D eigenvalue weighted by Gasteiger charge is 2.23. The van der Waals surface area contributed by atoms with Gasteiger partial charge in [0.2, 0.25) is 9.84 Å². The summed E-state index contributed by atoms with van der Waals surface area (Å²) in [6.45, 7) is 1.70. The van der Waals surface area contributed by atoms with E-state index in [2.05, 4.69) is 21.2 Å². The van der Waals surface area contributed by atoms with Crippen LogP contribution in [0.4, 0.5) is 0 Å². The van der Waals surface area contributed by atoms with Crippen LogP contribution in [0.5, 0.6) is 0 Å². The van der Waals surface area contributed by atoms with Gasteiger partial charge in [-0.1, -0.05) is 40.2 Å². The average molecular weight is 458 g/mol. The van der Waals surface area contributed by atoms with Gasteiger partial charge in [0, 0.05) is 16.0 Å². The van der Waals surface area contributed by atoms with Crippen molar-refractivity contribution in [3.63, 3.8) is 0 Å². The second-order valence-electron chi connectivity index (χ2n) is 7.07. The summed E-state index contributed by atoms with van der Waals surface area (Å²) < 4.78 is 27.0. The maximum atomic E-state index is 13.0. The van der Waals surface area contributed by atoms with Gasteiger partial charge in [0.05, 0.1) is 9.79 Å². The molecule has 0 amide bonds. The number of fused-ring (bicyclic) bond motifs is 1. The van der Waals surface area contributed by atoms with Crippen LogP contribution in [-0.4, -0.2) is 27.3 Å². The number of hydrogen-bond donors (Lipinski definition) is 1. The molecule has 144 valence electrons. The molecule has 0 spiro atoms. The molecule has 1 aliphatic heterocycles. The van der Waals surface area contributed by atoms with Gasteiger partial charge in [-0.2, -0.15) is 0 Å². The van der Waals surface area contributed by atoms with E-state index in [-0.39, 0.29) is 21.5 Å². The number of nitrogens with one attached hydrogen (secondary N) is 1. The normalized spacial score (nSPS) is 15.6. The number of carbonyl (C=O) groups excluding carboxylic acids is 1. The lowest BCUT2D eigenvalue weighted by atomic mass is 9.90. The van der Waals surface area contributed by atoms with Crippen LogP contribution in [-0.2, 0) is 9.84 Å². The Balaban J connectivity index is 1.62. The molecule has 3 aromatic rings. The van der Waals surface area contributed by atoms with Crippen LogP contribution in [0.3, 0.4) is 0 Å². The summed E-state index contributed by atoms with van der Waals surface area (Å²) >= 11 is 3.42. The monoisotopic (exact) mass is 457 g/mol. The molecule has 0 saturated carbocycles. The number of rotatable bonds is 4. The smallest absolute Gasteiger partial charge is 0.206 e. The predicted molar refractivity (Wildman–Crippen MR) is 113 cm³/mol. The molecule has 1 fully saturated rings. The van der Waals surface area contributed by atoms with Gasteiger partial charge >= 0.3 is 0 Å². The van der Waals surface area contributed by atoms with E-state index in [0.717, 1.165) is 41.2 Å². The summed E-state index contributed by atoms with van der Waals surface area (Å²) in [6, 6.07) is 17.2. The van der Waals surface area contributed by atoms with Crippen molar-refractivity contribution in [1.82, 2.24) is 5.32 Å². The number of benzene rings is 3. The summed E-state index contributed by atoms with van der Waals surface area (Å²) in [5, 5.41) is 5.08. The van der Waals surface area contributed by atoms with Gasteiger partial charge in [-0.25, -0.2) is 8.42 Å². The van der Waals surface area contributed by atoms with Crippen molar-refractivity contribution in [2.24, 2.45) is 5.92 Å². The Morgan fingerprint density at radius 1 is 0.857 bits per heavy atom. The molecule has 4 nitrogen and oxygen atoms in total. The minimum absolute atomic E-state index is 0.0171. The van der Waals surface area contributed by atoms with Crippen molar-refractivity contribution in [2.75, 3.05) is 13.1 Å². The zero-order valence-electron chi connectivity index (χ0n) is 15.2. The quantitative estimate of drug-likeness (QED) is 0.580. The summed E-state index contributed by atoms with van der Waals surface area (Å²) in [4.78, 5) is 13.1. The average Bonchev–Trinajstić information content (AvgIpc) is 2.73. The van der Waals surface area contributed by atoms with E-state index >= 15 is 0 Å². The van der Waals surface area contributed by atoms with E-state index in [1.54, 1.807) is 24.3 Å². The van der Waals surface area contributed by atoms with Crippen molar-refractivity contribution in [1.29, 1.82) is 0 Å². The third kappa shape index (κ3) is 3.77. The number of ketones is 1. The molecule has 0 aliphatic carbocycles.